The van der Waals surface area contributed by atoms with Crippen molar-refractivity contribution in [2.45, 2.75) is 52.6 Å². The molecule has 1 N–H and O–H groups in total. The molecule has 0 amide bonds. The molecule has 0 saturated heterocycles. The molecule has 0 aliphatic carbocycles. The molecule has 108 valence electrons. The number of nitrogens with zero attached hydrogens (tertiary/aromatic N) is 1. The topological polar surface area (TPSA) is 15.3 Å². The van der Waals surface area contributed by atoms with Gasteiger partial charge in [0.2, 0.25) is 0 Å². The minimum absolute atomic E-state index is 0.128. The Kier molecular flexibility index (Phi) is 6.29. The van der Waals surface area contributed by atoms with Crippen molar-refractivity contribution in [1.82, 2.24) is 5.32 Å². The van der Waals surface area contributed by atoms with Crippen molar-refractivity contribution >= 4 is 5.69 Å². The van der Waals surface area contributed by atoms with E-state index >= 15 is 0 Å². The largest absolute Gasteiger partial charge is 0.369 e. The second kappa shape index (κ2) is 7.49. The van der Waals surface area contributed by atoms with Gasteiger partial charge in [-0.25, -0.2) is 4.39 Å². The zero-order valence-corrected chi connectivity index (χ0v) is 12.8. The highest BCUT2D eigenvalue weighted by Crippen LogP contribution is 2.30. The van der Waals surface area contributed by atoms with Crippen molar-refractivity contribution in [3.05, 3.63) is 29.6 Å². The predicted molar refractivity (Wildman–Crippen MR) is 81.3 cm³/mol. The van der Waals surface area contributed by atoms with E-state index in [0.29, 0.717) is 6.04 Å². The number of anilines is 1. The lowest BCUT2D eigenvalue weighted by atomic mass is 10.0. The molecule has 1 aromatic rings. The molecule has 1 aromatic carbocycles. The van der Waals surface area contributed by atoms with Crippen molar-refractivity contribution in [3.63, 3.8) is 0 Å². The summed E-state index contributed by atoms with van der Waals surface area (Å²) in [7, 11) is 2.00. The third-order valence-electron chi connectivity index (χ3n) is 3.84. The molecule has 0 aliphatic heterocycles. The average Bonchev–Trinajstić information content (AvgIpc) is 2.39. The van der Waals surface area contributed by atoms with E-state index in [9.17, 15) is 4.39 Å². The molecule has 0 bridgehead atoms. The van der Waals surface area contributed by atoms with Crippen LogP contribution in [0.1, 0.15) is 52.1 Å². The molecule has 19 heavy (non-hydrogen) atoms. The number of hydrogen-bond donors (Lipinski definition) is 1. The van der Waals surface area contributed by atoms with Gasteiger partial charge in [0.25, 0.3) is 0 Å². The van der Waals surface area contributed by atoms with Crippen molar-refractivity contribution in [2.75, 3.05) is 18.5 Å². The van der Waals surface area contributed by atoms with Crippen molar-refractivity contribution in [3.8, 4) is 0 Å². The van der Waals surface area contributed by atoms with Crippen LogP contribution in [0.2, 0.25) is 0 Å². The minimum Gasteiger partial charge on any atom is -0.369 e. The Labute approximate surface area is 117 Å². The highest BCUT2D eigenvalue weighted by Gasteiger charge is 2.20. The first-order chi connectivity index (χ1) is 9.06. The Morgan fingerprint density at radius 1 is 1.21 bits per heavy atom. The smallest absolute Gasteiger partial charge is 0.146 e. The van der Waals surface area contributed by atoms with E-state index in [1.807, 2.05) is 13.1 Å². The molecule has 2 nitrogen and oxygen atoms in total. The summed E-state index contributed by atoms with van der Waals surface area (Å²) in [6, 6.07) is 5.90. The Morgan fingerprint density at radius 3 is 2.37 bits per heavy atom. The van der Waals surface area contributed by atoms with Crippen LogP contribution in [0, 0.1) is 5.82 Å². The molecule has 3 heteroatoms. The van der Waals surface area contributed by atoms with E-state index in [2.05, 4.69) is 37.9 Å². The maximum absolute atomic E-state index is 14.3. The average molecular weight is 266 g/mol. The van der Waals surface area contributed by atoms with Gasteiger partial charge in [-0.3, -0.25) is 0 Å². The number of halogens is 1. The molecule has 1 unspecified atom stereocenters. The van der Waals surface area contributed by atoms with Crippen LogP contribution in [0.15, 0.2) is 18.2 Å². The number of rotatable bonds is 7. The van der Waals surface area contributed by atoms with Crippen molar-refractivity contribution in [1.29, 1.82) is 0 Å². The third kappa shape index (κ3) is 3.69. The standard InChI is InChI=1S/C16H27FN2/c1-6-13(7-2)19(5)16-14(12(4)18-8-3)10-9-11-15(16)17/h9-13,18H,6-8H2,1-5H3. The Bertz CT molecular complexity index is 388. The van der Waals surface area contributed by atoms with Gasteiger partial charge in [-0.1, -0.05) is 32.9 Å². The first kappa shape index (κ1) is 16.0. The van der Waals surface area contributed by atoms with Gasteiger partial charge in [-0.15, -0.1) is 0 Å². The first-order valence-corrected chi connectivity index (χ1v) is 7.31. The molecule has 0 aliphatic rings. The van der Waals surface area contributed by atoms with Gasteiger partial charge < -0.3 is 10.2 Å². The minimum atomic E-state index is -0.128. The quantitative estimate of drug-likeness (QED) is 0.798. The Morgan fingerprint density at radius 2 is 1.84 bits per heavy atom. The molecule has 0 spiro atoms. The summed E-state index contributed by atoms with van der Waals surface area (Å²) in [6.45, 7) is 9.34. The summed E-state index contributed by atoms with van der Waals surface area (Å²) in [5.41, 5.74) is 1.78. The summed E-state index contributed by atoms with van der Waals surface area (Å²) < 4.78 is 14.3. The fourth-order valence-electron chi connectivity index (χ4n) is 2.69. The SMILES string of the molecule is CCNC(C)c1cccc(F)c1N(C)C(CC)CC. The summed E-state index contributed by atoms with van der Waals surface area (Å²) in [5.74, 6) is -0.128. The maximum atomic E-state index is 14.3. The monoisotopic (exact) mass is 266 g/mol. The summed E-state index contributed by atoms with van der Waals surface area (Å²) >= 11 is 0. The van der Waals surface area contributed by atoms with E-state index in [1.54, 1.807) is 12.1 Å². The predicted octanol–water partition coefficient (Wildman–Crippen LogP) is 4.12. The van der Waals surface area contributed by atoms with Gasteiger partial charge in [-0.2, -0.15) is 0 Å². The first-order valence-electron chi connectivity index (χ1n) is 7.31. The number of nitrogens with one attached hydrogen (secondary N) is 1. The Balaban J connectivity index is 3.16. The number of hydrogen-bond acceptors (Lipinski definition) is 2. The maximum Gasteiger partial charge on any atom is 0.146 e. The summed E-state index contributed by atoms with van der Waals surface area (Å²) in [4.78, 5) is 2.10. The third-order valence-corrected chi connectivity index (χ3v) is 3.84. The fraction of sp³-hybridized carbons (Fsp3) is 0.625. The van der Waals surface area contributed by atoms with Crippen LogP contribution in [0.3, 0.4) is 0 Å². The van der Waals surface area contributed by atoms with Crippen LogP contribution in [0.4, 0.5) is 10.1 Å². The van der Waals surface area contributed by atoms with Gasteiger partial charge in [0.15, 0.2) is 0 Å². The molecular weight excluding hydrogens is 239 g/mol. The normalized spacial score (nSPS) is 12.8. The molecular formula is C16H27FN2. The number of benzene rings is 1. The van der Waals surface area contributed by atoms with Crippen molar-refractivity contribution < 1.29 is 4.39 Å². The van der Waals surface area contributed by atoms with Crippen LogP contribution in [0.5, 0.6) is 0 Å². The zero-order chi connectivity index (χ0) is 14.4. The Hall–Kier alpha value is -1.09. The van der Waals surface area contributed by atoms with Crippen LogP contribution in [0.25, 0.3) is 0 Å². The molecule has 0 aromatic heterocycles. The van der Waals surface area contributed by atoms with Crippen LogP contribution in [-0.4, -0.2) is 19.6 Å². The van der Waals surface area contributed by atoms with Gasteiger partial charge in [-0.05, 0) is 37.9 Å². The highest BCUT2D eigenvalue weighted by molar-refractivity contribution is 5.56. The lowest BCUT2D eigenvalue weighted by Crippen LogP contribution is -2.33. The second-order valence-electron chi connectivity index (χ2n) is 5.04. The summed E-state index contributed by atoms with van der Waals surface area (Å²) in [5, 5.41) is 3.37. The zero-order valence-electron chi connectivity index (χ0n) is 12.8. The van der Waals surface area contributed by atoms with Gasteiger partial charge >= 0.3 is 0 Å². The molecule has 0 fully saturated rings. The van der Waals surface area contributed by atoms with Crippen LogP contribution in [-0.2, 0) is 0 Å². The lowest BCUT2D eigenvalue weighted by molar-refractivity contribution is 0.547. The molecule has 0 radical (unpaired) electrons. The van der Waals surface area contributed by atoms with Crippen molar-refractivity contribution in [2.24, 2.45) is 0 Å². The van der Waals surface area contributed by atoms with E-state index in [-0.39, 0.29) is 11.9 Å². The second-order valence-corrected chi connectivity index (χ2v) is 5.04. The van der Waals surface area contributed by atoms with E-state index in [0.717, 1.165) is 30.6 Å². The van der Waals surface area contributed by atoms with Crippen LogP contribution < -0.4 is 10.2 Å². The van der Waals surface area contributed by atoms with Gasteiger partial charge in [0.05, 0.1) is 5.69 Å². The molecule has 0 heterocycles. The molecule has 1 atom stereocenters. The van der Waals surface area contributed by atoms with E-state index in [4.69, 9.17) is 0 Å². The van der Waals surface area contributed by atoms with Crippen LogP contribution >= 0.6 is 0 Å². The molecule has 1 rings (SSSR count). The summed E-state index contributed by atoms with van der Waals surface area (Å²) in [6.07, 6.45) is 2.05. The molecule has 0 saturated carbocycles. The van der Waals surface area contributed by atoms with E-state index in [1.165, 1.54) is 0 Å². The lowest BCUT2D eigenvalue weighted by Gasteiger charge is -2.32. The fourth-order valence-corrected chi connectivity index (χ4v) is 2.69. The highest BCUT2D eigenvalue weighted by atomic mass is 19.1. The van der Waals surface area contributed by atoms with Gasteiger partial charge in [0, 0.05) is 19.1 Å². The van der Waals surface area contributed by atoms with Gasteiger partial charge in [0.1, 0.15) is 5.82 Å². The van der Waals surface area contributed by atoms with E-state index < -0.39 is 0 Å². The number of para-hydroxylation sites is 1.